The lowest BCUT2D eigenvalue weighted by Gasteiger charge is -2.57. The number of aryl methyl sites for hydroxylation is 1. The third-order valence-corrected chi connectivity index (χ3v) is 5.18. The van der Waals surface area contributed by atoms with E-state index < -0.39 is 0 Å². The van der Waals surface area contributed by atoms with E-state index in [0.717, 1.165) is 13.0 Å². The molecule has 4 rings (SSSR count). The first kappa shape index (κ1) is 14.1. The third-order valence-electron chi connectivity index (χ3n) is 5.18. The van der Waals surface area contributed by atoms with E-state index in [1.54, 1.807) is 0 Å². The van der Waals surface area contributed by atoms with Crippen LogP contribution in [0.5, 0.6) is 0 Å². The molecular formula is C18H26O2. The van der Waals surface area contributed by atoms with E-state index in [9.17, 15) is 0 Å². The molecule has 2 saturated heterocycles. The average molecular weight is 274 g/mol. The number of hydrogen-bond acceptors (Lipinski definition) is 2. The van der Waals surface area contributed by atoms with E-state index in [0.29, 0.717) is 12.0 Å². The van der Waals surface area contributed by atoms with Crippen LogP contribution in [0, 0.1) is 12.8 Å². The standard InChI is InChI=1S/C18H26O2/c1-13-7-5-6-8-14(13)12-19-16-11-18(4)10-9-15(16)17(2,3)20-18/h5-8,15-16H,9-12H2,1-4H3/t15-,16+,18+/m1/s1. The maximum absolute atomic E-state index is 6.30. The van der Waals surface area contributed by atoms with Gasteiger partial charge in [-0.15, -0.1) is 0 Å². The van der Waals surface area contributed by atoms with Gasteiger partial charge in [0.25, 0.3) is 0 Å². The van der Waals surface area contributed by atoms with Crippen LogP contribution in [-0.2, 0) is 16.1 Å². The summed E-state index contributed by atoms with van der Waals surface area (Å²) in [5.41, 5.74) is 2.57. The Labute approximate surface area is 122 Å². The number of fused-ring (bicyclic) bond motifs is 3. The second-order valence-corrected chi connectivity index (χ2v) is 7.28. The lowest BCUT2D eigenvalue weighted by Crippen LogP contribution is -2.60. The molecule has 0 N–H and O–H groups in total. The molecule has 20 heavy (non-hydrogen) atoms. The molecule has 0 spiro atoms. The lowest BCUT2D eigenvalue weighted by atomic mass is 9.67. The van der Waals surface area contributed by atoms with Gasteiger partial charge in [0.1, 0.15) is 0 Å². The fourth-order valence-electron chi connectivity index (χ4n) is 4.06. The fraction of sp³-hybridized carbons (Fsp3) is 0.667. The molecule has 0 amide bonds. The van der Waals surface area contributed by atoms with Gasteiger partial charge in [-0.05, 0) is 51.7 Å². The van der Waals surface area contributed by atoms with Gasteiger partial charge < -0.3 is 9.47 Å². The van der Waals surface area contributed by atoms with Crippen LogP contribution in [-0.4, -0.2) is 17.3 Å². The molecule has 0 aromatic heterocycles. The zero-order valence-electron chi connectivity index (χ0n) is 13.1. The maximum Gasteiger partial charge on any atom is 0.0723 e. The first-order chi connectivity index (χ1) is 9.40. The van der Waals surface area contributed by atoms with Crippen molar-refractivity contribution in [1.29, 1.82) is 0 Å². The summed E-state index contributed by atoms with van der Waals surface area (Å²) < 4.78 is 12.6. The molecule has 1 aromatic rings. The summed E-state index contributed by atoms with van der Waals surface area (Å²) >= 11 is 0. The predicted octanol–water partition coefficient (Wildman–Crippen LogP) is 4.25. The normalized spacial score (nSPS) is 35.2. The van der Waals surface area contributed by atoms with Crippen molar-refractivity contribution < 1.29 is 9.47 Å². The molecule has 110 valence electrons. The van der Waals surface area contributed by atoms with Gasteiger partial charge in [0.05, 0.1) is 23.9 Å². The summed E-state index contributed by atoms with van der Waals surface area (Å²) in [5.74, 6) is 0.522. The molecule has 2 heterocycles. The van der Waals surface area contributed by atoms with Gasteiger partial charge in [-0.3, -0.25) is 0 Å². The molecule has 2 bridgehead atoms. The quantitative estimate of drug-likeness (QED) is 0.820. The Hall–Kier alpha value is -0.860. The summed E-state index contributed by atoms with van der Waals surface area (Å²) in [6.45, 7) is 9.56. The monoisotopic (exact) mass is 274 g/mol. The van der Waals surface area contributed by atoms with Gasteiger partial charge in [-0.1, -0.05) is 24.3 Å². The highest BCUT2D eigenvalue weighted by molar-refractivity contribution is 5.24. The minimum absolute atomic E-state index is 0.00858. The van der Waals surface area contributed by atoms with Crippen molar-refractivity contribution >= 4 is 0 Å². The Morgan fingerprint density at radius 1 is 1.25 bits per heavy atom. The van der Waals surface area contributed by atoms with Crippen molar-refractivity contribution in [3.8, 4) is 0 Å². The fourth-order valence-corrected chi connectivity index (χ4v) is 4.06. The molecule has 0 radical (unpaired) electrons. The first-order valence-electron chi connectivity index (χ1n) is 7.76. The van der Waals surface area contributed by atoms with E-state index in [1.165, 1.54) is 24.0 Å². The van der Waals surface area contributed by atoms with E-state index in [4.69, 9.17) is 9.47 Å². The van der Waals surface area contributed by atoms with Crippen LogP contribution in [0.15, 0.2) is 24.3 Å². The van der Waals surface area contributed by atoms with E-state index >= 15 is 0 Å². The molecule has 3 fully saturated rings. The molecule has 2 nitrogen and oxygen atoms in total. The lowest BCUT2D eigenvalue weighted by molar-refractivity contribution is -0.273. The highest BCUT2D eigenvalue weighted by atomic mass is 16.5. The van der Waals surface area contributed by atoms with Crippen molar-refractivity contribution in [2.45, 2.75) is 70.9 Å². The Kier molecular flexibility index (Phi) is 3.42. The van der Waals surface area contributed by atoms with Crippen LogP contribution >= 0.6 is 0 Å². The summed E-state index contributed by atoms with van der Waals surface area (Å²) in [6.07, 6.45) is 3.76. The highest BCUT2D eigenvalue weighted by Gasteiger charge is 2.53. The van der Waals surface area contributed by atoms with Gasteiger partial charge in [-0.25, -0.2) is 0 Å². The number of rotatable bonds is 3. The highest BCUT2D eigenvalue weighted by Crippen LogP contribution is 2.50. The number of hydrogen-bond donors (Lipinski definition) is 0. The molecule has 1 aromatic carbocycles. The molecule has 0 unspecified atom stereocenters. The Bertz CT molecular complexity index is 491. The van der Waals surface area contributed by atoms with Gasteiger partial charge >= 0.3 is 0 Å². The van der Waals surface area contributed by atoms with Gasteiger partial charge in [0, 0.05) is 12.3 Å². The second kappa shape index (κ2) is 4.85. The summed E-state index contributed by atoms with van der Waals surface area (Å²) in [5, 5.41) is 0. The average Bonchev–Trinajstić information content (AvgIpc) is 2.35. The molecule has 2 heteroatoms. The van der Waals surface area contributed by atoms with Crippen LogP contribution in [0.4, 0.5) is 0 Å². The second-order valence-electron chi connectivity index (χ2n) is 7.28. The van der Waals surface area contributed by atoms with Crippen LogP contribution in [0.3, 0.4) is 0 Å². The predicted molar refractivity (Wildman–Crippen MR) is 80.7 cm³/mol. The molecule has 2 aliphatic heterocycles. The van der Waals surface area contributed by atoms with E-state index in [2.05, 4.69) is 52.0 Å². The van der Waals surface area contributed by atoms with Crippen LogP contribution in [0.1, 0.15) is 51.2 Å². The van der Waals surface area contributed by atoms with Crippen molar-refractivity contribution in [3.05, 3.63) is 35.4 Å². The Morgan fingerprint density at radius 2 is 2.00 bits per heavy atom. The first-order valence-corrected chi connectivity index (χ1v) is 7.76. The largest absolute Gasteiger partial charge is 0.373 e. The molecule has 1 aliphatic carbocycles. The molecule has 3 atom stereocenters. The molecular weight excluding hydrogens is 248 g/mol. The zero-order valence-corrected chi connectivity index (χ0v) is 13.1. The van der Waals surface area contributed by atoms with Crippen molar-refractivity contribution in [2.75, 3.05) is 0 Å². The number of ether oxygens (including phenoxy) is 2. The summed E-state index contributed by atoms with van der Waals surface area (Å²) in [4.78, 5) is 0. The van der Waals surface area contributed by atoms with Crippen molar-refractivity contribution in [1.82, 2.24) is 0 Å². The molecule has 3 aliphatic rings. The van der Waals surface area contributed by atoms with Crippen molar-refractivity contribution in [2.24, 2.45) is 5.92 Å². The van der Waals surface area contributed by atoms with Crippen LogP contribution in [0.25, 0.3) is 0 Å². The van der Waals surface area contributed by atoms with Crippen LogP contribution in [0.2, 0.25) is 0 Å². The summed E-state index contributed by atoms with van der Waals surface area (Å²) in [7, 11) is 0. The third kappa shape index (κ3) is 2.51. The van der Waals surface area contributed by atoms with Crippen LogP contribution < -0.4 is 0 Å². The van der Waals surface area contributed by atoms with E-state index in [-0.39, 0.29) is 11.2 Å². The maximum atomic E-state index is 6.30. The minimum atomic E-state index is -0.0539. The smallest absolute Gasteiger partial charge is 0.0723 e. The van der Waals surface area contributed by atoms with Crippen molar-refractivity contribution in [3.63, 3.8) is 0 Å². The Balaban J connectivity index is 1.71. The summed E-state index contributed by atoms with van der Waals surface area (Å²) in [6, 6.07) is 8.49. The van der Waals surface area contributed by atoms with Gasteiger partial charge in [0.15, 0.2) is 0 Å². The van der Waals surface area contributed by atoms with Gasteiger partial charge in [-0.2, -0.15) is 0 Å². The topological polar surface area (TPSA) is 18.5 Å². The van der Waals surface area contributed by atoms with Gasteiger partial charge in [0.2, 0.25) is 0 Å². The SMILES string of the molecule is Cc1ccccc1CO[C@H]1C[C@]2(C)CC[C@H]1C(C)(C)O2. The molecule has 1 saturated carbocycles. The number of benzene rings is 1. The minimum Gasteiger partial charge on any atom is -0.373 e. The Morgan fingerprint density at radius 3 is 2.65 bits per heavy atom. The van der Waals surface area contributed by atoms with E-state index in [1.807, 2.05) is 0 Å². The zero-order chi connectivity index (χ0) is 14.4.